The van der Waals surface area contributed by atoms with Gasteiger partial charge in [-0.15, -0.1) is 0 Å². The minimum absolute atomic E-state index is 0.0637. The smallest absolute Gasteiger partial charge is 0.220 e. The predicted octanol–water partition coefficient (Wildman–Crippen LogP) is 1.89. The Hall–Kier alpha value is -1.38. The van der Waals surface area contributed by atoms with E-state index < -0.39 is 0 Å². The zero-order valence-electron chi connectivity index (χ0n) is 8.72. The SMILES string of the molecule is CC1(Cc2ccccc2F)CNC(=O)C1. The molecule has 1 aliphatic heterocycles. The van der Waals surface area contributed by atoms with Crippen LogP contribution in [0.4, 0.5) is 4.39 Å². The Morgan fingerprint density at radius 2 is 2.20 bits per heavy atom. The molecule has 0 aliphatic carbocycles. The highest BCUT2D eigenvalue weighted by Crippen LogP contribution is 2.30. The first-order valence-corrected chi connectivity index (χ1v) is 5.09. The summed E-state index contributed by atoms with van der Waals surface area (Å²) in [5.74, 6) is -0.119. The van der Waals surface area contributed by atoms with Crippen LogP contribution in [0.15, 0.2) is 24.3 Å². The van der Waals surface area contributed by atoms with Gasteiger partial charge in [0, 0.05) is 13.0 Å². The Bertz CT molecular complexity index is 391. The monoisotopic (exact) mass is 207 g/mol. The number of amides is 1. The van der Waals surface area contributed by atoms with Gasteiger partial charge in [0.1, 0.15) is 5.82 Å². The van der Waals surface area contributed by atoms with E-state index in [1.54, 1.807) is 12.1 Å². The molecule has 1 aromatic rings. The summed E-state index contributed by atoms with van der Waals surface area (Å²) in [5, 5.41) is 2.79. The van der Waals surface area contributed by atoms with Crippen LogP contribution >= 0.6 is 0 Å². The molecule has 80 valence electrons. The summed E-state index contributed by atoms with van der Waals surface area (Å²) in [6.07, 6.45) is 1.10. The maximum Gasteiger partial charge on any atom is 0.220 e. The third-order valence-electron chi connectivity index (χ3n) is 2.87. The molecule has 0 aromatic heterocycles. The fourth-order valence-electron chi connectivity index (χ4n) is 2.05. The molecule has 3 heteroatoms. The Morgan fingerprint density at radius 1 is 1.47 bits per heavy atom. The fraction of sp³-hybridized carbons (Fsp3) is 0.417. The first kappa shape index (κ1) is 10.1. The zero-order chi connectivity index (χ0) is 10.9. The lowest BCUT2D eigenvalue weighted by molar-refractivity contribution is -0.119. The number of carbonyl (C=O) groups is 1. The summed E-state index contributed by atoms with van der Waals surface area (Å²) in [5.41, 5.74) is 0.552. The van der Waals surface area contributed by atoms with Crippen molar-refractivity contribution >= 4 is 5.91 Å². The van der Waals surface area contributed by atoms with E-state index >= 15 is 0 Å². The molecule has 1 saturated heterocycles. The second kappa shape index (κ2) is 3.65. The van der Waals surface area contributed by atoms with Gasteiger partial charge >= 0.3 is 0 Å². The van der Waals surface area contributed by atoms with Crippen molar-refractivity contribution in [3.05, 3.63) is 35.6 Å². The lowest BCUT2D eigenvalue weighted by Crippen LogP contribution is -2.23. The highest BCUT2D eigenvalue weighted by Gasteiger charge is 2.34. The van der Waals surface area contributed by atoms with E-state index in [-0.39, 0.29) is 17.1 Å². The van der Waals surface area contributed by atoms with Gasteiger partial charge in [-0.25, -0.2) is 4.39 Å². The fourth-order valence-corrected chi connectivity index (χ4v) is 2.05. The van der Waals surface area contributed by atoms with Gasteiger partial charge in [-0.3, -0.25) is 4.79 Å². The van der Waals surface area contributed by atoms with Crippen LogP contribution < -0.4 is 5.32 Å². The van der Waals surface area contributed by atoms with E-state index in [1.165, 1.54) is 6.07 Å². The number of hydrogen-bond donors (Lipinski definition) is 1. The van der Waals surface area contributed by atoms with Crippen molar-refractivity contribution in [2.24, 2.45) is 5.41 Å². The summed E-state index contributed by atoms with van der Waals surface area (Å²) in [6, 6.07) is 6.75. The molecule has 1 heterocycles. The molecule has 1 unspecified atom stereocenters. The van der Waals surface area contributed by atoms with Gasteiger partial charge in [-0.2, -0.15) is 0 Å². The van der Waals surface area contributed by atoms with E-state index in [1.807, 2.05) is 13.0 Å². The number of carbonyl (C=O) groups excluding carboxylic acids is 1. The van der Waals surface area contributed by atoms with Gasteiger partial charge in [0.25, 0.3) is 0 Å². The number of halogens is 1. The van der Waals surface area contributed by atoms with Crippen molar-refractivity contribution in [3.63, 3.8) is 0 Å². The topological polar surface area (TPSA) is 29.1 Å². The van der Waals surface area contributed by atoms with Crippen LogP contribution in [0.25, 0.3) is 0 Å². The average molecular weight is 207 g/mol. The van der Waals surface area contributed by atoms with E-state index in [9.17, 15) is 9.18 Å². The lowest BCUT2D eigenvalue weighted by atomic mass is 9.83. The van der Waals surface area contributed by atoms with Gasteiger partial charge in [-0.1, -0.05) is 25.1 Å². The summed E-state index contributed by atoms with van der Waals surface area (Å²) >= 11 is 0. The molecule has 1 atom stereocenters. The molecular weight excluding hydrogens is 193 g/mol. The number of nitrogens with one attached hydrogen (secondary N) is 1. The minimum atomic E-state index is -0.182. The van der Waals surface area contributed by atoms with E-state index in [0.717, 1.165) is 0 Å². The number of benzene rings is 1. The Morgan fingerprint density at radius 3 is 2.80 bits per heavy atom. The molecule has 2 nitrogen and oxygen atoms in total. The highest BCUT2D eigenvalue weighted by atomic mass is 19.1. The van der Waals surface area contributed by atoms with Crippen LogP contribution in [0.1, 0.15) is 18.9 Å². The van der Waals surface area contributed by atoms with Crippen LogP contribution in [-0.2, 0) is 11.2 Å². The van der Waals surface area contributed by atoms with Crippen LogP contribution in [0.2, 0.25) is 0 Å². The van der Waals surface area contributed by atoms with Crippen LogP contribution in [0.5, 0.6) is 0 Å². The van der Waals surface area contributed by atoms with Crippen molar-refractivity contribution in [2.45, 2.75) is 19.8 Å². The second-order valence-electron chi connectivity index (χ2n) is 4.53. The van der Waals surface area contributed by atoms with Crippen LogP contribution in [0.3, 0.4) is 0 Å². The first-order valence-electron chi connectivity index (χ1n) is 5.09. The van der Waals surface area contributed by atoms with Gasteiger partial charge in [-0.05, 0) is 23.5 Å². The summed E-state index contributed by atoms with van der Waals surface area (Å²) < 4.78 is 13.4. The van der Waals surface area contributed by atoms with Crippen molar-refractivity contribution in [3.8, 4) is 0 Å². The molecule has 1 aromatic carbocycles. The maximum absolute atomic E-state index is 13.4. The predicted molar refractivity (Wildman–Crippen MR) is 55.8 cm³/mol. The van der Waals surface area contributed by atoms with Gasteiger partial charge in [0.15, 0.2) is 0 Å². The quantitative estimate of drug-likeness (QED) is 0.788. The average Bonchev–Trinajstić information content (AvgIpc) is 2.51. The second-order valence-corrected chi connectivity index (χ2v) is 4.53. The van der Waals surface area contributed by atoms with Gasteiger partial charge in [0.2, 0.25) is 5.91 Å². The molecular formula is C12H14FNO. The molecule has 0 radical (unpaired) electrons. The minimum Gasteiger partial charge on any atom is -0.356 e. The Kier molecular flexibility index (Phi) is 2.47. The molecule has 0 spiro atoms. The Balaban J connectivity index is 2.15. The van der Waals surface area contributed by atoms with Crippen molar-refractivity contribution in [1.29, 1.82) is 0 Å². The zero-order valence-corrected chi connectivity index (χ0v) is 8.72. The van der Waals surface area contributed by atoms with E-state index in [2.05, 4.69) is 5.32 Å². The molecule has 0 saturated carbocycles. The summed E-state index contributed by atoms with van der Waals surface area (Å²) in [7, 11) is 0. The highest BCUT2D eigenvalue weighted by molar-refractivity contribution is 5.79. The standard InChI is InChI=1S/C12H14FNO/c1-12(7-11(15)14-8-12)6-9-4-2-3-5-10(9)13/h2-5H,6-8H2,1H3,(H,14,15). The van der Waals surface area contributed by atoms with Crippen molar-refractivity contribution < 1.29 is 9.18 Å². The van der Waals surface area contributed by atoms with Crippen molar-refractivity contribution in [2.75, 3.05) is 6.54 Å². The Labute approximate surface area is 88.5 Å². The summed E-state index contributed by atoms with van der Waals surface area (Å²) in [4.78, 5) is 11.1. The van der Waals surface area contributed by atoms with Gasteiger partial charge < -0.3 is 5.32 Å². The van der Waals surface area contributed by atoms with Gasteiger partial charge in [0.05, 0.1) is 0 Å². The third-order valence-corrected chi connectivity index (χ3v) is 2.87. The van der Waals surface area contributed by atoms with E-state index in [4.69, 9.17) is 0 Å². The largest absolute Gasteiger partial charge is 0.356 e. The van der Waals surface area contributed by atoms with Crippen LogP contribution in [-0.4, -0.2) is 12.5 Å². The molecule has 1 aliphatic rings. The number of rotatable bonds is 2. The normalized spacial score (nSPS) is 25.3. The first-order chi connectivity index (χ1) is 7.09. The molecule has 1 amide bonds. The maximum atomic E-state index is 13.4. The molecule has 0 bridgehead atoms. The van der Waals surface area contributed by atoms with Crippen LogP contribution in [0, 0.1) is 11.2 Å². The molecule has 15 heavy (non-hydrogen) atoms. The lowest BCUT2D eigenvalue weighted by Gasteiger charge is -2.21. The van der Waals surface area contributed by atoms with Crippen molar-refractivity contribution in [1.82, 2.24) is 5.32 Å². The molecule has 1 N–H and O–H groups in total. The number of hydrogen-bond acceptors (Lipinski definition) is 1. The third kappa shape index (κ3) is 2.17. The summed E-state index contributed by atoms with van der Waals surface area (Å²) in [6.45, 7) is 2.65. The molecule has 2 rings (SSSR count). The van der Waals surface area contributed by atoms with E-state index in [0.29, 0.717) is 24.9 Å². The molecule has 1 fully saturated rings.